The van der Waals surface area contributed by atoms with Crippen molar-refractivity contribution in [3.05, 3.63) is 28.2 Å². The predicted molar refractivity (Wildman–Crippen MR) is 119 cm³/mol. The van der Waals surface area contributed by atoms with Gasteiger partial charge in [0.15, 0.2) is 4.34 Å². The Bertz CT molecular complexity index is 1030. The van der Waals surface area contributed by atoms with Crippen molar-refractivity contribution in [1.82, 2.24) is 10.2 Å². The zero-order chi connectivity index (χ0) is 22.5. The van der Waals surface area contributed by atoms with Crippen LogP contribution >= 0.6 is 46.3 Å². The van der Waals surface area contributed by atoms with Crippen LogP contribution in [0.15, 0.2) is 22.5 Å². The summed E-state index contributed by atoms with van der Waals surface area (Å²) in [6.07, 6.45) is 1.14. The molecule has 9 nitrogen and oxygen atoms in total. The Morgan fingerprint density at radius 2 is 2.03 bits per heavy atom. The first-order valence-electron chi connectivity index (χ1n) is 8.35. The van der Waals surface area contributed by atoms with Gasteiger partial charge in [-0.1, -0.05) is 53.2 Å². The van der Waals surface area contributed by atoms with E-state index in [9.17, 15) is 18.0 Å². The molecule has 1 amide bonds. The number of thioether (sulfide) groups is 1. The average molecular weight is 513 g/mol. The molecule has 0 unspecified atom stereocenters. The van der Waals surface area contributed by atoms with Gasteiger partial charge < -0.3 is 4.74 Å². The van der Waals surface area contributed by atoms with Crippen LogP contribution in [0.1, 0.15) is 13.3 Å². The molecule has 164 valence electrons. The van der Waals surface area contributed by atoms with Gasteiger partial charge in [0.05, 0.1) is 29.8 Å². The maximum Gasteiger partial charge on any atom is 0.316 e. The Morgan fingerprint density at radius 3 is 2.63 bits per heavy atom. The number of anilines is 2. The summed E-state index contributed by atoms with van der Waals surface area (Å²) in [5.74, 6) is -0.986. The van der Waals surface area contributed by atoms with Gasteiger partial charge in [-0.3, -0.25) is 19.2 Å². The van der Waals surface area contributed by atoms with Crippen LogP contribution in [0, 0.1) is 0 Å². The second kappa shape index (κ2) is 10.6. The van der Waals surface area contributed by atoms with Crippen LogP contribution in [0.4, 0.5) is 10.8 Å². The third-order valence-electron chi connectivity index (χ3n) is 3.65. The van der Waals surface area contributed by atoms with Crippen molar-refractivity contribution in [2.75, 3.05) is 28.7 Å². The van der Waals surface area contributed by atoms with E-state index in [4.69, 9.17) is 23.2 Å². The minimum Gasteiger partial charge on any atom is -0.468 e. The molecule has 0 aliphatic heterocycles. The predicted octanol–water partition coefficient (Wildman–Crippen LogP) is 3.29. The molecule has 0 saturated heterocycles. The molecule has 1 aromatic heterocycles. The first kappa shape index (κ1) is 24.7. The van der Waals surface area contributed by atoms with E-state index in [1.807, 2.05) is 0 Å². The zero-order valence-corrected chi connectivity index (χ0v) is 20.0. The molecule has 2 aromatic rings. The molecule has 0 aliphatic carbocycles. The Hall–Kier alpha value is -1.60. The number of amides is 1. The molecule has 0 spiro atoms. The van der Waals surface area contributed by atoms with Gasteiger partial charge in [-0.25, -0.2) is 8.42 Å². The largest absolute Gasteiger partial charge is 0.468 e. The molecular weight excluding hydrogens is 495 g/mol. The number of sulfonamides is 1. The number of ether oxygens (including phenoxy) is 1. The summed E-state index contributed by atoms with van der Waals surface area (Å²) >= 11 is 14.3. The van der Waals surface area contributed by atoms with Crippen LogP contribution in [0.2, 0.25) is 10.0 Å². The Labute approximate surface area is 192 Å². The maximum absolute atomic E-state index is 12.9. The van der Waals surface area contributed by atoms with Gasteiger partial charge in [-0.15, -0.1) is 10.2 Å². The van der Waals surface area contributed by atoms with Gasteiger partial charge in [0.1, 0.15) is 6.04 Å². The molecule has 2 rings (SSSR count). The molecule has 1 aromatic carbocycles. The summed E-state index contributed by atoms with van der Waals surface area (Å²) in [5.41, 5.74) is 0.0975. The van der Waals surface area contributed by atoms with Crippen molar-refractivity contribution in [2.45, 2.75) is 23.7 Å². The lowest BCUT2D eigenvalue weighted by molar-refractivity contribution is -0.137. The van der Waals surface area contributed by atoms with Crippen LogP contribution in [-0.4, -0.2) is 55.7 Å². The number of carbonyl (C=O) groups excluding carboxylic acids is 2. The topological polar surface area (TPSA) is 119 Å². The number of benzene rings is 1. The van der Waals surface area contributed by atoms with Crippen molar-refractivity contribution in [3.8, 4) is 0 Å². The normalized spacial score (nSPS) is 12.3. The van der Waals surface area contributed by atoms with Gasteiger partial charge in [0.25, 0.3) is 0 Å². The summed E-state index contributed by atoms with van der Waals surface area (Å²) in [4.78, 5) is 24.1. The molecule has 0 aliphatic rings. The van der Waals surface area contributed by atoms with E-state index in [-0.39, 0.29) is 33.0 Å². The first-order chi connectivity index (χ1) is 14.1. The Balaban J connectivity index is 2.26. The number of hydrogen-bond donors (Lipinski definition) is 1. The van der Waals surface area contributed by atoms with Gasteiger partial charge in [-0.05, 0) is 24.6 Å². The zero-order valence-electron chi connectivity index (χ0n) is 16.1. The maximum atomic E-state index is 12.9. The number of aromatic nitrogens is 2. The molecule has 1 atom stereocenters. The second-order valence-electron chi connectivity index (χ2n) is 5.81. The fraction of sp³-hybridized carbons (Fsp3) is 0.375. The number of carbonyl (C=O) groups is 2. The third-order valence-corrected chi connectivity index (χ3v) is 7.32. The summed E-state index contributed by atoms with van der Waals surface area (Å²) in [5, 5.41) is 10.9. The van der Waals surface area contributed by atoms with E-state index in [2.05, 4.69) is 20.3 Å². The lowest BCUT2D eigenvalue weighted by Crippen LogP contribution is -2.47. The van der Waals surface area contributed by atoms with E-state index in [0.29, 0.717) is 4.34 Å². The molecular formula is C16H18Cl2N4O5S3. The van der Waals surface area contributed by atoms with Crippen LogP contribution in [0.25, 0.3) is 0 Å². The molecule has 0 bridgehead atoms. The molecule has 30 heavy (non-hydrogen) atoms. The van der Waals surface area contributed by atoms with Crippen LogP contribution in [0.3, 0.4) is 0 Å². The quantitative estimate of drug-likeness (QED) is 0.308. The van der Waals surface area contributed by atoms with Crippen LogP contribution < -0.4 is 9.62 Å². The monoisotopic (exact) mass is 512 g/mol. The van der Waals surface area contributed by atoms with Crippen molar-refractivity contribution in [2.24, 2.45) is 0 Å². The number of methoxy groups -OCH3 is 1. The summed E-state index contributed by atoms with van der Waals surface area (Å²) in [7, 11) is -2.60. The van der Waals surface area contributed by atoms with Gasteiger partial charge in [0.2, 0.25) is 21.1 Å². The highest BCUT2D eigenvalue weighted by Crippen LogP contribution is 2.33. The van der Waals surface area contributed by atoms with E-state index in [1.165, 1.54) is 25.3 Å². The minimum atomic E-state index is -3.88. The molecule has 0 fully saturated rings. The third kappa shape index (κ3) is 6.45. The number of esters is 1. The number of halogens is 2. The number of hydrogen-bond acceptors (Lipinski definition) is 9. The SMILES string of the molecule is CC[C@@H](C(=O)Nc1nnc(SCC(=O)OC)s1)N(c1cc(Cl)ccc1Cl)S(C)(=O)=O. The Morgan fingerprint density at radius 1 is 1.33 bits per heavy atom. The number of nitrogens with zero attached hydrogens (tertiary/aromatic N) is 3. The summed E-state index contributed by atoms with van der Waals surface area (Å²) < 4.78 is 30.9. The first-order valence-corrected chi connectivity index (χ1v) is 12.8. The molecule has 1 heterocycles. The number of nitrogens with one attached hydrogen (secondary N) is 1. The number of rotatable bonds is 9. The fourth-order valence-electron chi connectivity index (χ4n) is 2.38. The molecule has 1 N–H and O–H groups in total. The summed E-state index contributed by atoms with van der Waals surface area (Å²) in [6.45, 7) is 1.67. The van der Waals surface area contributed by atoms with E-state index >= 15 is 0 Å². The molecule has 0 radical (unpaired) electrons. The van der Waals surface area contributed by atoms with Crippen molar-refractivity contribution in [1.29, 1.82) is 0 Å². The Kier molecular flexibility index (Phi) is 8.73. The van der Waals surface area contributed by atoms with Crippen molar-refractivity contribution < 1.29 is 22.7 Å². The van der Waals surface area contributed by atoms with E-state index < -0.39 is 27.9 Å². The average Bonchev–Trinajstić information content (AvgIpc) is 3.12. The highest BCUT2D eigenvalue weighted by Gasteiger charge is 2.33. The van der Waals surface area contributed by atoms with E-state index in [0.717, 1.165) is 33.7 Å². The van der Waals surface area contributed by atoms with Gasteiger partial charge >= 0.3 is 5.97 Å². The smallest absolute Gasteiger partial charge is 0.316 e. The van der Waals surface area contributed by atoms with Crippen LogP contribution in [-0.2, 0) is 24.3 Å². The summed E-state index contributed by atoms with van der Waals surface area (Å²) in [6, 6.07) is 3.25. The van der Waals surface area contributed by atoms with E-state index in [1.54, 1.807) is 6.92 Å². The lowest BCUT2D eigenvalue weighted by Gasteiger charge is -2.30. The molecule has 0 saturated carbocycles. The lowest BCUT2D eigenvalue weighted by atomic mass is 10.2. The minimum absolute atomic E-state index is 0.0474. The fourth-order valence-corrected chi connectivity index (χ4v) is 5.60. The standard InChI is InChI=1S/C16H18Cl2N4O5S3/c1-4-11(22(30(3,25)26)12-7-9(17)5-6-10(12)18)14(24)19-15-20-21-16(29-15)28-8-13(23)27-2/h5-7,11H,4,8H2,1-3H3,(H,19,20,24)/t11-/m0/s1. The highest BCUT2D eigenvalue weighted by atomic mass is 35.5. The van der Waals surface area contributed by atoms with Gasteiger partial charge in [-0.2, -0.15) is 0 Å². The van der Waals surface area contributed by atoms with Gasteiger partial charge in [0, 0.05) is 5.02 Å². The van der Waals surface area contributed by atoms with Crippen molar-refractivity contribution >= 4 is 79.0 Å². The second-order valence-corrected chi connectivity index (χ2v) is 10.7. The van der Waals surface area contributed by atoms with Crippen molar-refractivity contribution in [3.63, 3.8) is 0 Å². The van der Waals surface area contributed by atoms with Crippen LogP contribution in [0.5, 0.6) is 0 Å². The highest BCUT2D eigenvalue weighted by molar-refractivity contribution is 8.01. The molecule has 14 heteroatoms.